The Bertz CT molecular complexity index is 393. The highest BCUT2D eigenvalue weighted by molar-refractivity contribution is 6.30. The van der Waals surface area contributed by atoms with Gasteiger partial charge in [0, 0.05) is 5.56 Å². The SMILES string of the molecule is O=C(O)CC(F)(F)c1ccc(F)c(Cl)c1. The van der Waals surface area contributed by atoms with E-state index in [1.54, 1.807) is 0 Å². The maximum Gasteiger partial charge on any atom is 0.309 e. The molecule has 1 aromatic rings. The van der Waals surface area contributed by atoms with Crippen LogP contribution >= 0.6 is 11.6 Å². The molecule has 6 heteroatoms. The predicted molar refractivity (Wildman–Crippen MR) is 47.6 cm³/mol. The highest BCUT2D eigenvalue weighted by Gasteiger charge is 2.34. The summed E-state index contributed by atoms with van der Waals surface area (Å²) in [5.74, 6) is -6.02. The first kappa shape index (κ1) is 11.8. The van der Waals surface area contributed by atoms with Gasteiger partial charge in [-0.3, -0.25) is 4.79 Å². The lowest BCUT2D eigenvalue weighted by Crippen LogP contribution is -2.18. The minimum Gasteiger partial charge on any atom is -0.481 e. The van der Waals surface area contributed by atoms with Gasteiger partial charge in [-0.25, -0.2) is 13.2 Å². The molecular weight excluding hydrogens is 233 g/mol. The summed E-state index contributed by atoms with van der Waals surface area (Å²) < 4.78 is 39.0. The van der Waals surface area contributed by atoms with Crippen LogP contribution in [-0.2, 0) is 10.7 Å². The summed E-state index contributed by atoms with van der Waals surface area (Å²) in [4.78, 5) is 10.2. The van der Waals surface area contributed by atoms with Crippen LogP contribution in [0.3, 0.4) is 0 Å². The average molecular weight is 239 g/mol. The molecule has 0 aliphatic heterocycles. The van der Waals surface area contributed by atoms with Crippen molar-refractivity contribution in [2.75, 3.05) is 0 Å². The van der Waals surface area contributed by atoms with Crippen LogP contribution in [0, 0.1) is 5.82 Å². The van der Waals surface area contributed by atoms with E-state index in [2.05, 4.69) is 0 Å². The summed E-state index contributed by atoms with van der Waals surface area (Å²) in [5.41, 5.74) is -0.615. The largest absolute Gasteiger partial charge is 0.481 e. The lowest BCUT2D eigenvalue weighted by Gasteiger charge is -2.14. The van der Waals surface area contributed by atoms with Crippen molar-refractivity contribution >= 4 is 17.6 Å². The van der Waals surface area contributed by atoms with Gasteiger partial charge in [-0.1, -0.05) is 17.7 Å². The molecule has 0 heterocycles. The Morgan fingerprint density at radius 1 is 1.47 bits per heavy atom. The molecule has 2 nitrogen and oxygen atoms in total. The van der Waals surface area contributed by atoms with Crippen LogP contribution in [0.5, 0.6) is 0 Å². The molecule has 15 heavy (non-hydrogen) atoms. The third kappa shape index (κ3) is 2.86. The normalized spacial score (nSPS) is 11.5. The van der Waals surface area contributed by atoms with Crippen molar-refractivity contribution in [2.24, 2.45) is 0 Å². The predicted octanol–water partition coefficient (Wildman–Crippen LogP) is 3.05. The van der Waals surface area contributed by atoms with Crippen molar-refractivity contribution in [3.63, 3.8) is 0 Å². The smallest absolute Gasteiger partial charge is 0.309 e. The maximum atomic E-state index is 13.2. The zero-order chi connectivity index (χ0) is 11.6. The van der Waals surface area contributed by atoms with Crippen LogP contribution in [0.2, 0.25) is 5.02 Å². The first-order valence-electron chi connectivity index (χ1n) is 3.88. The molecular formula is C9H6ClF3O2. The van der Waals surface area contributed by atoms with Crippen LogP contribution < -0.4 is 0 Å². The summed E-state index contributed by atoms with van der Waals surface area (Å²) in [6.45, 7) is 0. The van der Waals surface area contributed by atoms with Crippen molar-refractivity contribution in [2.45, 2.75) is 12.3 Å². The Hall–Kier alpha value is -1.23. The molecule has 0 aromatic heterocycles. The van der Waals surface area contributed by atoms with Crippen molar-refractivity contribution < 1.29 is 23.1 Å². The number of alkyl halides is 2. The van der Waals surface area contributed by atoms with Gasteiger partial charge in [-0.05, 0) is 12.1 Å². The molecule has 82 valence electrons. The lowest BCUT2D eigenvalue weighted by atomic mass is 10.1. The summed E-state index contributed by atoms with van der Waals surface area (Å²) in [7, 11) is 0. The van der Waals surface area contributed by atoms with Gasteiger partial charge in [-0.15, -0.1) is 0 Å². The fourth-order valence-corrected chi connectivity index (χ4v) is 1.20. The van der Waals surface area contributed by atoms with Gasteiger partial charge >= 0.3 is 5.97 Å². The fraction of sp³-hybridized carbons (Fsp3) is 0.222. The number of carboxylic acid groups (broad SMARTS) is 1. The molecule has 1 N–H and O–H groups in total. The van der Waals surface area contributed by atoms with Crippen LogP contribution in [0.4, 0.5) is 13.2 Å². The second-order valence-corrected chi connectivity index (χ2v) is 3.31. The summed E-state index contributed by atoms with van der Waals surface area (Å²) in [6.07, 6.45) is -1.35. The number of rotatable bonds is 3. The average Bonchev–Trinajstić information content (AvgIpc) is 2.07. The highest BCUT2D eigenvalue weighted by Crippen LogP contribution is 2.33. The van der Waals surface area contributed by atoms with Crippen LogP contribution in [0.25, 0.3) is 0 Å². The number of halogens is 4. The van der Waals surface area contributed by atoms with Gasteiger partial charge < -0.3 is 5.11 Å². The Labute approximate surface area is 88.3 Å². The third-order valence-electron chi connectivity index (χ3n) is 1.72. The molecule has 0 aliphatic carbocycles. The number of hydrogen-bond donors (Lipinski definition) is 1. The van der Waals surface area contributed by atoms with Gasteiger partial charge in [-0.2, -0.15) is 0 Å². The van der Waals surface area contributed by atoms with Crippen molar-refractivity contribution in [3.8, 4) is 0 Å². The van der Waals surface area contributed by atoms with E-state index in [0.717, 1.165) is 18.2 Å². The Morgan fingerprint density at radius 3 is 2.53 bits per heavy atom. The second-order valence-electron chi connectivity index (χ2n) is 2.90. The van der Waals surface area contributed by atoms with E-state index < -0.39 is 34.7 Å². The second kappa shape index (κ2) is 4.10. The van der Waals surface area contributed by atoms with E-state index in [0.29, 0.717) is 0 Å². The standard InChI is InChI=1S/C9H6ClF3O2/c10-6-3-5(1-2-7(6)11)9(12,13)4-8(14)15/h1-3H,4H2,(H,14,15). The van der Waals surface area contributed by atoms with Crippen molar-refractivity contribution in [1.29, 1.82) is 0 Å². The Kier molecular flexibility index (Phi) is 3.24. The van der Waals surface area contributed by atoms with Crippen LogP contribution in [0.15, 0.2) is 18.2 Å². The molecule has 0 bridgehead atoms. The van der Waals surface area contributed by atoms with E-state index in [9.17, 15) is 18.0 Å². The highest BCUT2D eigenvalue weighted by atomic mass is 35.5. The van der Waals surface area contributed by atoms with E-state index in [-0.39, 0.29) is 0 Å². The minimum atomic E-state index is -3.55. The van der Waals surface area contributed by atoms with Gasteiger partial charge in [0.15, 0.2) is 0 Å². The quantitative estimate of drug-likeness (QED) is 0.879. The zero-order valence-corrected chi connectivity index (χ0v) is 8.06. The van der Waals surface area contributed by atoms with Crippen molar-refractivity contribution in [1.82, 2.24) is 0 Å². The number of benzene rings is 1. The summed E-state index contributed by atoms with van der Waals surface area (Å²) in [5, 5.41) is 7.79. The summed E-state index contributed by atoms with van der Waals surface area (Å²) in [6, 6.07) is 2.30. The third-order valence-corrected chi connectivity index (χ3v) is 2.00. The first-order valence-corrected chi connectivity index (χ1v) is 4.26. The topological polar surface area (TPSA) is 37.3 Å². The molecule has 0 unspecified atom stereocenters. The molecule has 0 aliphatic rings. The number of hydrogen-bond acceptors (Lipinski definition) is 1. The molecule has 0 amide bonds. The molecule has 1 aromatic carbocycles. The summed E-state index contributed by atoms with van der Waals surface area (Å²) >= 11 is 5.30. The van der Waals surface area contributed by atoms with E-state index in [4.69, 9.17) is 16.7 Å². The molecule has 0 saturated carbocycles. The Morgan fingerprint density at radius 2 is 2.07 bits per heavy atom. The molecule has 0 saturated heterocycles. The van der Waals surface area contributed by atoms with E-state index in [1.165, 1.54) is 0 Å². The number of carboxylic acids is 1. The van der Waals surface area contributed by atoms with Crippen LogP contribution in [-0.4, -0.2) is 11.1 Å². The number of aliphatic carboxylic acids is 1. The van der Waals surface area contributed by atoms with Crippen molar-refractivity contribution in [3.05, 3.63) is 34.6 Å². The fourth-order valence-electron chi connectivity index (χ4n) is 1.02. The zero-order valence-electron chi connectivity index (χ0n) is 7.31. The lowest BCUT2D eigenvalue weighted by molar-refractivity contribution is -0.145. The molecule has 0 atom stereocenters. The van der Waals surface area contributed by atoms with E-state index >= 15 is 0 Å². The maximum absolute atomic E-state index is 13.2. The Balaban J connectivity index is 3.04. The number of carbonyl (C=O) groups is 1. The monoisotopic (exact) mass is 238 g/mol. The minimum absolute atomic E-state index is 0.461. The molecule has 1 rings (SSSR count). The van der Waals surface area contributed by atoms with Gasteiger partial charge in [0.1, 0.15) is 12.2 Å². The molecule has 0 fully saturated rings. The first-order chi connectivity index (χ1) is 6.83. The van der Waals surface area contributed by atoms with Gasteiger partial charge in [0.05, 0.1) is 5.02 Å². The van der Waals surface area contributed by atoms with E-state index in [1.807, 2.05) is 0 Å². The van der Waals surface area contributed by atoms with Gasteiger partial charge in [0.2, 0.25) is 0 Å². The molecule has 0 spiro atoms. The van der Waals surface area contributed by atoms with Crippen LogP contribution in [0.1, 0.15) is 12.0 Å². The van der Waals surface area contributed by atoms with Gasteiger partial charge in [0.25, 0.3) is 5.92 Å². The molecule has 0 radical (unpaired) electrons.